The largest absolute Gasteiger partial charge is 0.273 e. The lowest BCUT2D eigenvalue weighted by atomic mass is 9.96. The van der Waals surface area contributed by atoms with Crippen molar-refractivity contribution in [2.45, 2.75) is 32.7 Å². The normalized spacial score (nSPS) is 15.5. The van der Waals surface area contributed by atoms with Crippen LogP contribution in [0, 0.1) is 0 Å². The van der Waals surface area contributed by atoms with E-state index in [0.29, 0.717) is 6.42 Å². The second kappa shape index (κ2) is 8.87. The monoisotopic (exact) mass is 434 g/mol. The summed E-state index contributed by atoms with van der Waals surface area (Å²) >= 11 is 0. The smallest absolute Gasteiger partial charge is 0.240 e. The van der Waals surface area contributed by atoms with E-state index in [0.717, 1.165) is 40.2 Å². The van der Waals surface area contributed by atoms with Crippen molar-refractivity contribution < 1.29 is 4.79 Å². The summed E-state index contributed by atoms with van der Waals surface area (Å²) in [4.78, 5) is 12.6. The number of amides is 1. The third kappa shape index (κ3) is 4.10. The SMILES string of the molecule is CCc1ccc(C2=NN(C(C)=O)[C@@H](c3cn(-c4ccccc4)nc3-c3ccccc3)C2)cc1. The van der Waals surface area contributed by atoms with Gasteiger partial charge in [0.25, 0.3) is 0 Å². The van der Waals surface area contributed by atoms with E-state index < -0.39 is 0 Å². The average Bonchev–Trinajstić information content (AvgIpc) is 3.50. The van der Waals surface area contributed by atoms with Gasteiger partial charge in [-0.15, -0.1) is 0 Å². The number of nitrogens with zero attached hydrogens (tertiary/aromatic N) is 4. The first-order valence-corrected chi connectivity index (χ1v) is 11.3. The summed E-state index contributed by atoms with van der Waals surface area (Å²) in [5.74, 6) is -0.0772. The molecule has 3 aromatic carbocycles. The molecule has 33 heavy (non-hydrogen) atoms. The minimum absolute atomic E-state index is 0.0772. The Morgan fingerprint density at radius 3 is 2.21 bits per heavy atom. The molecule has 0 saturated carbocycles. The molecule has 0 fully saturated rings. The van der Waals surface area contributed by atoms with Crippen molar-refractivity contribution in [1.82, 2.24) is 14.8 Å². The summed E-state index contributed by atoms with van der Waals surface area (Å²) in [7, 11) is 0. The van der Waals surface area contributed by atoms with Crippen LogP contribution in [0.1, 0.15) is 43.0 Å². The lowest BCUT2D eigenvalue weighted by molar-refractivity contribution is -0.130. The van der Waals surface area contributed by atoms with Gasteiger partial charge in [0.05, 0.1) is 23.1 Å². The van der Waals surface area contributed by atoms with E-state index in [9.17, 15) is 4.79 Å². The molecule has 164 valence electrons. The highest BCUT2D eigenvalue weighted by molar-refractivity contribution is 6.03. The van der Waals surface area contributed by atoms with Gasteiger partial charge in [-0.1, -0.05) is 79.7 Å². The molecule has 5 rings (SSSR count). The topological polar surface area (TPSA) is 50.5 Å². The van der Waals surface area contributed by atoms with Crippen LogP contribution in [0.2, 0.25) is 0 Å². The maximum atomic E-state index is 12.6. The fourth-order valence-electron chi connectivity index (χ4n) is 4.31. The van der Waals surface area contributed by atoms with Crippen LogP contribution in [0.15, 0.2) is 96.2 Å². The van der Waals surface area contributed by atoms with Crippen molar-refractivity contribution >= 4 is 11.6 Å². The van der Waals surface area contributed by atoms with Crippen LogP contribution in [0.4, 0.5) is 0 Å². The number of benzene rings is 3. The number of hydrogen-bond donors (Lipinski definition) is 0. The molecule has 0 unspecified atom stereocenters. The van der Waals surface area contributed by atoms with Crippen molar-refractivity contribution in [1.29, 1.82) is 0 Å². The van der Waals surface area contributed by atoms with E-state index >= 15 is 0 Å². The van der Waals surface area contributed by atoms with Gasteiger partial charge in [-0.3, -0.25) is 4.79 Å². The Labute approximate surface area is 194 Å². The molecule has 1 aliphatic heterocycles. The van der Waals surface area contributed by atoms with Crippen LogP contribution in [0.5, 0.6) is 0 Å². The average molecular weight is 435 g/mol. The van der Waals surface area contributed by atoms with Gasteiger partial charge in [-0.05, 0) is 29.7 Å². The summed E-state index contributed by atoms with van der Waals surface area (Å²) in [6.07, 6.45) is 3.68. The minimum Gasteiger partial charge on any atom is -0.273 e. The highest BCUT2D eigenvalue weighted by atomic mass is 16.2. The molecule has 1 amide bonds. The third-order valence-corrected chi connectivity index (χ3v) is 6.10. The summed E-state index contributed by atoms with van der Waals surface area (Å²) < 4.78 is 1.89. The maximum Gasteiger partial charge on any atom is 0.240 e. The van der Waals surface area contributed by atoms with Crippen molar-refractivity contribution in [3.63, 3.8) is 0 Å². The number of rotatable bonds is 5. The van der Waals surface area contributed by atoms with E-state index in [1.165, 1.54) is 5.56 Å². The van der Waals surface area contributed by atoms with Gasteiger partial charge in [-0.2, -0.15) is 10.2 Å². The molecular weight excluding hydrogens is 408 g/mol. The molecule has 0 aliphatic carbocycles. The van der Waals surface area contributed by atoms with Crippen LogP contribution < -0.4 is 0 Å². The molecule has 0 spiro atoms. The number of hydrazone groups is 1. The standard InChI is InChI=1S/C28H26N4O/c1-3-21-14-16-22(17-15-21)26-18-27(32(29-26)20(2)33)25-19-31(24-12-8-5-9-13-24)30-28(25)23-10-6-4-7-11-23/h4-17,19,27H,3,18H2,1-2H3/t27-/m1/s1. The van der Waals surface area contributed by atoms with E-state index in [-0.39, 0.29) is 11.9 Å². The summed E-state index contributed by atoms with van der Waals surface area (Å²) in [5.41, 5.74) is 7.11. The second-order valence-electron chi connectivity index (χ2n) is 8.26. The second-order valence-corrected chi connectivity index (χ2v) is 8.26. The van der Waals surface area contributed by atoms with E-state index in [4.69, 9.17) is 10.2 Å². The van der Waals surface area contributed by atoms with Gasteiger partial charge in [0, 0.05) is 30.7 Å². The fourth-order valence-corrected chi connectivity index (χ4v) is 4.31. The molecule has 1 aromatic heterocycles. The molecule has 0 bridgehead atoms. The molecule has 5 nitrogen and oxygen atoms in total. The summed E-state index contributed by atoms with van der Waals surface area (Å²) in [6, 6.07) is 28.4. The molecule has 0 radical (unpaired) electrons. The fraction of sp³-hybridized carbons (Fsp3) is 0.179. The first kappa shape index (κ1) is 20.9. The van der Waals surface area contributed by atoms with Gasteiger partial charge < -0.3 is 0 Å². The lowest BCUT2D eigenvalue weighted by Gasteiger charge is -2.20. The highest BCUT2D eigenvalue weighted by Gasteiger charge is 2.34. The van der Waals surface area contributed by atoms with Crippen LogP contribution >= 0.6 is 0 Å². The number of carbonyl (C=O) groups excluding carboxylic acids is 1. The highest BCUT2D eigenvalue weighted by Crippen LogP contribution is 2.38. The van der Waals surface area contributed by atoms with Gasteiger partial charge >= 0.3 is 0 Å². The van der Waals surface area contributed by atoms with Crippen molar-refractivity contribution in [2.75, 3.05) is 0 Å². The third-order valence-electron chi connectivity index (χ3n) is 6.10. The van der Waals surface area contributed by atoms with Gasteiger partial charge in [0.1, 0.15) is 0 Å². The Morgan fingerprint density at radius 2 is 1.58 bits per heavy atom. The molecule has 0 saturated heterocycles. The Bertz CT molecular complexity index is 1290. The van der Waals surface area contributed by atoms with Crippen molar-refractivity contribution in [3.05, 3.63) is 108 Å². The molecule has 1 atom stereocenters. The Balaban J connectivity index is 1.58. The van der Waals surface area contributed by atoms with Gasteiger partial charge in [0.15, 0.2) is 0 Å². The molecule has 4 aromatic rings. The zero-order valence-corrected chi connectivity index (χ0v) is 18.8. The molecular formula is C28H26N4O. The molecule has 0 N–H and O–H groups in total. The minimum atomic E-state index is -0.212. The summed E-state index contributed by atoms with van der Waals surface area (Å²) in [6.45, 7) is 3.72. The zero-order valence-electron chi connectivity index (χ0n) is 18.8. The zero-order chi connectivity index (χ0) is 22.8. The van der Waals surface area contributed by atoms with Gasteiger partial charge in [-0.25, -0.2) is 9.69 Å². The molecule has 1 aliphatic rings. The molecule has 2 heterocycles. The van der Waals surface area contributed by atoms with E-state index in [2.05, 4.69) is 43.3 Å². The van der Waals surface area contributed by atoms with Crippen molar-refractivity contribution in [3.8, 4) is 16.9 Å². The number of aryl methyl sites for hydroxylation is 1. The lowest BCUT2D eigenvalue weighted by Crippen LogP contribution is -2.24. The van der Waals surface area contributed by atoms with E-state index in [1.807, 2.05) is 59.4 Å². The number of hydrogen-bond acceptors (Lipinski definition) is 3. The first-order valence-electron chi connectivity index (χ1n) is 11.3. The Morgan fingerprint density at radius 1 is 0.909 bits per heavy atom. The van der Waals surface area contributed by atoms with E-state index in [1.54, 1.807) is 11.9 Å². The first-order chi connectivity index (χ1) is 16.1. The number of carbonyl (C=O) groups is 1. The number of aromatic nitrogens is 2. The quantitative estimate of drug-likeness (QED) is 0.399. The number of para-hydroxylation sites is 1. The Kier molecular flexibility index (Phi) is 5.61. The van der Waals surface area contributed by atoms with Crippen LogP contribution in [-0.2, 0) is 11.2 Å². The maximum absolute atomic E-state index is 12.6. The van der Waals surface area contributed by atoms with Crippen molar-refractivity contribution in [2.24, 2.45) is 5.10 Å². The van der Waals surface area contributed by atoms with Crippen LogP contribution in [-0.4, -0.2) is 26.4 Å². The summed E-state index contributed by atoms with van der Waals surface area (Å²) in [5, 5.41) is 11.3. The Hall–Kier alpha value is -3.99. The molecule has 5 heteroatoms. The van der Waals surface area contributed by atoms with Crippen LogP contribution in [0.3, 0.4) is 0 Å². The predicted octanol–water partition coefficient (Wildman–Crippen LogP) is 5.80. The predicted molar refractivity (Wildman–Crippen MR) is 131 cm³/mol. The van der Waals surface area contributed by atoms with Crippen LogP contribution in [0.25, 0.3) is 16.9 Å². The van der Waals surface area contributed by atoms with Gasteiger partial charge in [0.2, 0.25) is 5.91 Å².